The molecule has 2 rings (SSSR count). The lowest BCUT2D eigenvalue weighted by atomic mass is 9.98. The number of hydrogen-bond acceptors (Lipinski definition) is 11. The van der Waals surface area contributed by atoms with Crippen molar-refractivity contribution in [2.45, 2.75) is 67.8 Å². The predicted molar refractivity (Wildman–Crippen MR) is 84.7 cm³/mol. The van der Waals surface area contributed by atoms with E-state index in [2.05, 4.69) is 5.73 Å². The minimum absolute atomic E-state index is 0.220. The molecule has 12 heteroatoms. The summed E-state index contributed by atoms with van der Waals surface area (Å²) in [6.07, 6.45) is -13.5. The molecule has 10 N–H and O–H groups in total. The zero-order valence-corrected chi connectivity index (χ0v) is 14.8. The molecule has 0 amide bonds. The Bertz CT molecular complexity index is 444. The maximum atomic E-state index is 10.4. The number of rotatable bonds is 9. The van der Waals surface area contributed by atoms with Crippen LogP contribution in [0.2, 0.25) is 0 Å². The van der Waals surface area contributed by atoms with E-state index in [1.54, 1.807) is 0 Å². The lowest BCUT2D eigenvalue weighted by Crippen LogP contribution is -2.61. The van der Waals surface area contributed by atoms with E-state index in [1.165, 1.54) is 0 Å². The summed E-state index contributed by atoms with van der Waals surface area (Å²) in [6, 6.07) is 0. The van der Waals surface area contributed by atoms with Crippen molar-refractivity contribution in [3.05, 3.63) is 0 Å². The number of ether oxygens (including phenoxy) is 4. The normalized spacial score (nSPS) is 43.8. The summed E-state index contributed by atoms with van der Waals surface area (Å²) in [6.45, 7) is -0.467. The van der Waals surface area contributed by atoms with Crippen LogP contribution in [0.3, 0.4) is 0 Å². The Kier molecular flexibility index (Phi) is 8.73. The predicted octanol–water partition coefficient (Wildman–Crippen LogP) is -5.74. The Morgan fingerprint density at radius 1 is 0.926 bits per heavy atom. The summed E-state index contributed by atoms with van der Waals surface area (Å²) in [5.74, 6) is 0. The molecule has 0 aromatic heterocycles. The van der Waals surface area contributed by atoms with Crippen LogP contribution in [0, 0.1) is 0 Å². The largest absolute Gasteiger partial charge is 0.394 e. The molecule has 2 fully saturated rings. The molecule has 2 aliphatic heterocycles. The molecule has 0 bridgehead atoms. The van der Waals surface area contributed by atoms with Crippen LogP contribution in [0.4, 0.5) is 0 Å². The van der Waals surface area contributed by atoms with Gasteiger partial charge >= 0.3 is 0 Å². The van der Waals surface area contributed by atoms with Gasteiger partial charge in [-0.2, -0.15) is 0 Å². The standard InChI is InChI=1S/C15H29NO11/c16-2-1-3-24-14-11(23)13(8(20)7(5-18)25-14)27-15-10(22)9(21)12(26-15)6(19)4-17/h6-15,17-23H,1-5,16H2/p+1/t6-,7-,8-,9-,10-,11+,12+,13+,14-,15-/m1/s1. The Labute approximate surface area is 155 Å². The van der Waals surface area contributed by atoms with Gasteiger partial charge in [-0.05, 0) is 0 Å². The maximum Gasteiger partial charge on any atom is 0.187 e. The molecule has 0 unspecified atom stereocenters. The lowest BCUT2D eigenvalue weighted by molar-refractivity contribution is -0.372. The van der Waals surface area contributed by atoms with Gasteiger partial charge in [-0.3, -0.25) is 0 Å². The van der Waals surface area contributed by atoms with Crippen LogP contribution in [0.1, 0.15) is 6.42 Å². The molecule has 0 spiro atoms. The van der Waals surface area contributed by atoms with Crippen LogP contribution in [-0.2, 0) is 18.9 Å². The first kappa shape index (κ1) is 22.8. The molecule has 160 valence electrons. The van der Waals surface area contributed by atoms with Gasteiger partial charge in [-0.25, -0.2) is 0 Å². The van der Waals surface area contributed by atoms with Crippen LogP contribution < -0.4 is 5.73 Å². The smallest absolute Gasteiger partial charge is 0.187 e. The second kappa shape index (κ2) is 10.3. The average Bonchev–Trinajstić information content (AvgIpc) is 2.94. The minimum atomic E-state index is -1.60. The third-order valence-corrected chi connectivity index (χ3v) is 4.61. The molecule has 2 saturated heterocycles. The van der Waals surface area contributed by atoms with Crippen LogP contribution in [-0.4, -0.2) is 124 Å². The summed E-state index contributed by atoms with van der Waals surface area (Å²) in [5, 5.41) is 68.7. The van der Waals surface area contributed by atoms with Gasteiger partial charge in [0.15, 0.2) is 12.6 Å². The average molecular weight is 400 g/mol. The van der Waals surface area contributed by atoms with Crippen molar-refractivity contribution < 1.29 is 60.4 Å². The molecule has 0 aromatic carbocycles. The number of quaternary nitrogens is 1. The molecule has 0 aliphatic carbocycles. The Morgan fingerprint density at radius 2 is 1.63 bits per heavy atom. The number of hydrogen-bond donors (Lipinski definition) is 8. The first-order valence-electron chi connectivity index (χ1n) is 8.85. The molecule has 12 nitrogen and oxygen atoms in total. The van der Waals surface area contributed by atoms with E-state index >= 15 is 0 Å². The fourth-order valence-corrected chi connectivity index (χ4v) is 3.01. The van der Waals surface area contributed by atoms with E-state index in [9.17, 15) is 30.6 Å². The SMILES string of the molecule is [NH3+]CCCO[C@@H]1O[C@H](CO)[C@@H](O)[C@H](O[C@H]2O[C@@H]([C@H](O)CO)[C@H](O)[C@H]2O)[C@@H]1O. The van der Waals surface area contributed by atoms with E-state index in [4.69, 9.17) is 24.1 Å². The van der Waals surface area contributed by atoms with Crippen molar-refractivity contribution in [1.82, 2.24) is 0 Å². The maximum absolute atomic E-state index is 10.4. The van der Waals surface area contributed by atoms with Gasteiger partial charge in [0.25, 0.3) is 0 Å². The van der Waals surface area contributed by atoms with Crippen molar-refractivity contribution in [1.29, 1.82) is 0 Å². The van der Waals surface area contributed by atoms with Gasteiger partial charge in [0.1, 0.15) is 48.8 Å². The van der Waals surface area contributed by atoms with E-state index < -0.39 is 74.6 Å². The van der Waals surface area contributed by atoms with E-state index in [0.717, 1.165) is 0 Å². The highest BCUT2D eigenvalue weighted by atomic mass is 16.7. The van der Waals surface area contributed by atoms with E-state index in [-0.39, 0.29) is 6.61 Å². The van der Waals surface area contributed by atoms with Gasteiger partial charge in [0, 0.05) is 6.42 Å². The molecule has 0 saturated carbocycles. The summed E-state index contributed by atoms with van der Waals surface area (Å²) < 4.78 is 21.4. The molecule has 2 heterocycles. The fraction of sp³-hybridized carbons (Fsp3) is 1.00. The summed E-state index contributed by atoms with van der Waals surface area (Å²) in [4.78, 5) is 0. The summed E-state index contributed by atoms with van der Waals surface area (Å²) in [7, 11) is 0. The van der Waals surface area contributed by atoms with Gasteiger partial charge in [0.2, 0.25) is 0 Å². The Morgan fingerprint density at radius 3 is 2.22 bits per heavy atom. The van der Waals surface area contributed by atoms with Gasteiger partial charge in [-0.1, -0.05) is 0 Å². The highest BCUT2D eigenvalue weighted by Gasteiger charge is 2.52. The Hall–Kier alpha value is -0.480. The molecule has 10 atom stereocenters. The first-order chi connectivity index (χ1) is 12.8. The molecular formula is C15H30NO11+. The first-order valence-corrected chi connectivity index (χ1v) is 8.85. The third-order valence-electron chi connectivity index (χ3n) is 4.61. The van der Waals surface area contributed by atoms with Gasteiger partial charge in [0.05, 0.1) is 26.4 Å². The van der Waals surface area contributed by atoms with Crippen molar-refractivity contribution in [3.8, 4) is 0 Å². The van der Waals surface area contributed by atoms with Crippen molar-refractivity contribution in [3.63, 3.8) is 0 Å². The topological polar surface area (TPSA) is 206 Å². The second-order valence-corrected chi connectivity index (χ2v) is 6.59. The highest BCUT2D eigenvalue weighted by Crippen LogP contribution is 2.30. The molecule has 0 radical (unpaired) electrons. The molecule has 27 heavy (non-hydrogen) atoms. The van der Waals surface area contributed by atoms with E-state index in [0.29, 0.717) is 13.0 Å². The quantitative estimate of drug-likeness (QED) is 0.171. The summed E-state index contributed by atoms with van der Waals surface area (Å²) >= 11 is 0. The van der Waals surface area contributed by atoms with E-state index in [1.807, 2.05) is 0 Å². The number of aliphatic hydroxyl groups is 7. The highest BCUT2D eigenvalue weighted by molar-refractivity contribution is 4.95. The second-order valence-electron chi connectivity index (χ2n) is 6.59. The summed E-state index contributed by atoms with van der Waals surface area (Å²) in [5.41, 5.74) is 3.66. The van der Waals surface area contributed by atoms with Crippen LogP contribution >= 0.6 is 0 Å². The molecule has 0 aromatic rings. The van der Waals surface area contributed by atoms with Crippen LogP contribution in [0.25, 0.3) is 0 Å². The third kappa shape index (κ3) is 5.12. The van der Waals surface area contributed by atoms with Crippen molar-refractivity contribution in [2.75, 3.05) is 26.4 Å². The van der Waals surface area contributed by atoms with Crippen molar-refractivity contribution >= 4 is 0 Å². The minimum Gasteiger partial charge on any atom is -0.394 e. The monoisotopic (exact) mass is 400 g/mol. The van der Waals surface area contributed by atoms with Crippen LogP contribution in [0.15, 0.2) is 0 Å². The Balaban J connectivity index is 2.07. The molecule has 2 aliphatic rings. The van der Waals surface area contributed by atoms with Crippen molar-refractivity contribution in [2.24, 2.45) is 0 Å². The fourth-order valence-electron chi connectivity index (χ4n) is 3.01. The van der Waals surface area contributed by atoms with Gasteiger partial charge in [-0.15, -0.1) is 0 Å². The zero-order chi connectivity index (χ0) is 20.1. The lowest BCUT2D eigenvalue weighted by Gasteiger charge is -2.42. The molecular weight excluding hydrogens is 370 g/mol. The number of aliphatic hydroxyl groups excluding tert-OH is 7. The zero-order valence-electron chi connectivity index (χ0n) is 14.8. The van der Waals surface area contributed by atoms with Crippen LogP contribution in [0.5, 0.6) is 0 Å². The van der Waals surface area contributed by atoms with Gasteiger partial charge < -0.3 is 60.4 Å².